The lowest BCUT2D eigenvalue weighted by Crippen LogP contribution is -2.37. The fourth-order valence-corrected chi connectivity index (χ4v) is 11.2. The second-order valence-electron chi connectivity index (χ2n) is 27.7. The molecule has 104 heavy (non-hydrogen) atoms. The van der Waals surface area contributed by atoms with Gasteiger partial charge in [0.25, 0.3) is 0 Å². The van der Waals surface area contributed by atoms with Crippen LogP contribution in [0.2, 0.25) is 0 Å². The molecule has 2 atom stereocenters. The zero-order chi connectivity index (χ0) is 75.4. The van der Waals surface area contributed by atoms with Gasteiger partial charge in [-0.1, -0.05) is 354 Å². The van der Waals surface area contributed by atoms with Crippen molar-refractivity contribution in [3.63, 3.8) is 0 Å². The number of hydrogen-bond donors (Lipinski definition) is 1. The first-order valence-corrected chi connectivity index (χ1v) is 42.6. The summed E-state index contributed by atoms with van der Waals surface area (Å²) in [7, 11) is 1.43. The molecule has 0 aromatic carbocycles. The van der Waals surface area contributed by atoms with Crippen molar-refractivity contribution < 1.29 is 42.1 Å². The SMILES string of the molecule is CC/C=C\C/C=C\C/C=C\C/C=C\C/C=C\C/C=C\C/C=C\C/C=C\C/C=C\C/C=C\C/C=C\C/C=C\CCCCC(=O)OC(COC(=O)CCCCCCCCCCCCCCCCCCCCC/C=C\C/C=C\C/C=C\C/C=C\C/C=C\C/C=C\C/C=C\CC)COP(=O)(O)OCC[N+](C)(C)C. The number of carbonyl (C=O) groups excluding carboxylic acids is 2. The van der Waals surface area contributed by atoms with Gasteiger partial charge in [0.2, 0.25) is 0 Å². The van der Waals surface area contributed by atoms with Gasteiger partial charge in [-0.05, 0) is 161 Å². The number of rotatable bonds is 73. The second-order valence-corrected chi connectivity index (χ2v) is 29.1. The summed E-state index contributed by atoms with van der Waals surface area (Å²) < 4.78 is 34.7. The van der Waals surface area contributed by atoms with Gasteiger partial charge in [-0.25, -0.2) is 4.57 Å². The topological polar surface area (TPSA) is 108 Å². The number of phosphoric acid groups is 1. The molecule has 9 nitrogen and oxygen atoms in total. The molecule has 2 unspecified atom stereocenters. The highest BCUT2D eigenvalue weighted by molar-refractivity contribution is 7.47. The van der Waals surface area contributed by atoms with E-state index < -0.39 is 26.5 Å². The molecule has 0 radical (unpaired) electrons. The number of carbonyl (C=O) groups is 2. The maximum atomic E-state index is 12.9. The molecule has 1 N–H and O–H groups in total. The predicted molar refractivity (Wildman–Crippen MR) is 454 cm³/mol. The molecule has 0 bridgehead atoms. The molecule has 0 aromatic rings. The van der Waals surface area contributed by atoms with Crippen molar-refractivity contribution in [1.29, 1.82) is 0 Å². The number of likely N-dealkylation sites (N-methyl/N-ethyl adjacent to an activating group) is 1. The molecule has 0 rings (SSSR count). The zero-order valence-electron chi connectivity index (χ0n) is 66.7. The molecule has 0 aliphatic rings. The van der Waals surface area contributed by atoms with E-state index in [1.54, 1.807) is 0 Å². The third-order valence-corrected chi connectivity index (χ3v) is 17.7. The quantitative estimate of drug-likeness (QED) is 0.0211. The molecular formula is C94H151NO8P+. The Morgan fingerprint density at radius 2 is 0.519 bits per heavy atom. The molecule has 10 heteroatoms. The first-order chi connectivity index (χ1) is 51.0. The van der Waals surface area contributed by atoms with E-state index in [-0.39, 0.29) is 32.0 Å². The average Bonchev–Trinajstić information content (AvgIpc) is 0.915. The molecule has 0 amide bonds. The summed E-state index contributed by atoms with van der Waals surface area (Å²) in [5.41, 5.74) is 0. The molecule has 0 heterocycles. The lowest BCUT2D eigenvalue weighted by atomic mass is 10.0. The van der Waals surface area contributed by atoms with Crippen molar-refractivity contribution in [3.8, 4) is 0 Å². The van der Waals surface area contributed by atoms with Crippen molar-refractivity contribution in [2.75, 3.05) is 47.5 Å². The third-order valence-electron chi connectivity index (χ3n) is 16.7. The normalized spacial score (nSPS) is 14.2. The fraction of sp³-hybridized carbons (Fsp3) is 0.574. The minimum absolute atomic E-state index is 0.0127. The first kappa shape index (κ1) is 98.1. The lowest BCUT2D eigenvalue weighted by Gasteiger charge is -2.24. The van der Waals surface area contributed by atoms with Gasteiger partial charge < -0.3 is 18.9 Å². The summed E-state index contributed by atoms with van der Waals surface area (Å²) in [5, 5.41) is 0. The van der Waals surface area contributed by atoms with E-state index in [4.69, 9.17) is 18.5 Å². The van der Waals surface area contributed by atoms with Gasteiger partial charge in [-0.3, -0.25) is 18.6 Å². The minimum atomic E-state index is -4.42. The summed E-state index contributed by atoms with van der Waals surface area (Å²) in [6, 6.07) is 0. The number of nitrogens with zero attached hydrogens (tertiary/aromatic N) is 1. The number of quaternary nitrogens is 1. The molecule has 0 saturated heterocycles. The van der Waals surface area contributed by atoms with Crippen molar-refractivity contribution in [1.82, 2.24) is 0 Å². The molecule has 0 fully saturated rings. The summed E-state index contributed by atoms with van der Waals surface area (Å²) in [6.07, 6.45) is 131. The van der Waals surface area contributed by atoms with Crippen LogP contribution >= 0.6 is 7.82 Å². The van der Waals surface area contributed by atoms with Crippen LogP contribution in [0.4, 0.5) is 0 Å². The largest absolute Gasteiger partial charge is 0.472 e. The van der Waals surface area contributed by atoms with Gasteiger partial charge in [-0.15, -0.1) is 0 Å². The van der Waals surface area contributed by atoms with Gasteiger partial charge in [0.15, 0.2) is 6.10 Å². The first-order valence-electron chi connectivity index (χ1n) is 41.1. The number of ether oxygens (including phenoxy) is 2. The average molecular weight is 1450 g/mol. The highest BCUT2D eigenvalue weighted by Gasteiger charge is 2.27. The standard InChI is InChI=1S/C94H150NO8P/c1-6-8-10-12-14-16-18-20-22-24-26-28-30-32-34-36-38-40-42-44-46-47-49-50-52-54-56-58-60-62-64-66-68-70-72-74-76-78-80-82-84-86-93(96)100-90-92(91-102-104(98,99)101-89-88-95(3,4)5)103-94(97)87-85-83-81-79-77-75-73-71-69-67-65-63-61-59-57-55-53-51-48-45-43-41-39-37-35-33-31-29-27-25-23-21-19-17-15-13-11-9-7-2/h8-11,14-17,20-23,26-29,32-35,38-41,44-46,48,53,55,59,61,65,67,71,73,77,79,92H,6-7,12-13,18-19,24-25,30-31,36-37,42-43,47,49-52,54,56-58,60,62-64,66,68-70,72,74-76,78,80-91H2,1-5H3/p+1/b10-8-,11-9-,16-14-,17-15-,22-20-,23-21-,28-26-,29-27-,34-32-,35-33-,40-38-,41-39-,46-44-,48-45-,55-53-,61-59-,67-65-,73-71-,79-77-. The maximum absolute atomic E-state index is 12.9. The van der Waals surface area contributed by atoms with Gasteiger partial charge in [0.1, 0.15) is 19.8 Å². The number of phosphoric ester groups is 1. The Kier molecular flexibility index (Phi) is 76.5. The molecule has 0 saturated carbocycles. The Balaban J connectivity index is 4.10. The van der Waals surface area contributed by atoms with Crippen LogP contribution in [0.5, 0.6) is 0 Å². The predicted octanol–water partition coefficient (Wildman–Crippen LogP) is 28.1. The number of unbranched alkanes of at least 4 members (excludes halogenated alkanes) is 21. The summed E-state index contributed by atoms with van der Waals surface area (Å²) in [6.45, 7) is 4.14. The molecule has 0 aliphatic heterocycles. The van der Waals surface area contributed by atoms with Crippen LogP contribution in [0.15, 0.2) is 231 Å². The summed E-state index contributed by atoms with van der Waals surface area (Å²) in [5.74, 6) is -0.857. The Labute approximate surface area is 639 Å². The highest BCUT2D eigenvalue weighted by Crippen LogP contribution is 2.43. The number of esters is 2. The van der Waals surface area contributed by atoms with Crippen LogP contribution in [0.25, 0.3) is 0 Å². The summed E-state index contributed by atoms with van der Waals surface area (Å²) >= 11 is 0. The van der Waals surface area contributed by atoms with Crippen molar-refractivity contribution in [3.05, 3.63) is 231 Å². The molecule has 0 spiro atoms. The van der Waals surface area contributed by atoms with E-state index in [1.165, 1.54) is 109 Å². The summed E-state index contributed by atoms with van der Waals surface area (Å²) in [4.78, 5) is 36.0. The van der Waals surface area contributed by atoms with Gasteiger partial charge in [0, 0.05) is 12.8 Å². The Hall–Kier alpha value is -5.93. The van der Waals surface area contributed by atoms with Crippen LogP contribution in [0.1, 0.15) is 296 Å². The monoisotopic (exact) mass is 1450 g/mol. The number of allylic oxidation sites excluding steroid dienone is 38. The van der Waals surface area contributed by atoms with E-state index in [9.17, 15) is 19.0 Å². The van der Waals surface area contributed by atoms with E-state index in [0.717, 1.165) is 154 Å². The van der Waals surface area contributed by atoms with Gasteiger partial charge >= 0.3 is 19.8 Å². The Bertz CT molecular complexity index is 2620. The van der Waals surface area contributed by atoms with Gasteiger partial charge in [-0.2, -0.15) is 0 Å². The van der Waals surface area contributed by atoms with Crippen LogP contribution in [0.3, 0.4) is 0 Å². The molecule has 584 valence electrons. The van der Waals surface area contributed by atoms with Crippen LogP contribution in [-0.2, 0) is 32.7 Å². The van der Waals surface area contributed by atoms with Crippen LogP contribution in [0, 0.1) is 0 Å². The highest BCUT2D eigenvalue weighted by atomic mass is 31.2. The third kappa shape index (κ3) is 85.0. The second kappa shape index (κ2) is 81.2. The lowest BCUT2D eigenvalue weighted by molar-refractivity contribution is -0.870. The molecular weight excluding hydrogens is 1300 g/mol. The molecule has 0 aliphatic carbocycles. The smallest absolute Gasteiger partial charge is 0.462 e. The van der Waals surface area contributed by atoms with E-state index >= 15 is 0 Å². The van der Waals surface area contributed by atoms with Crippen LogP contribution < -0.4 is 0 Å². The Morgan fingerprint density at radius 1 is 0.298 bits per heavy atom. The van der Waals surface area contributed by atoms with E-state index in [2.05, 4.69) is 245 Å². The van der Waals surface area contributed by atoms with Crippen molar-refractivity contribution in [2.24, 2.45) is 0 Å². The van der Waals surface area contributed by atoms with Crippen molar-refractivity contribution >= 4 is 19.8 Å². The van der Waals surface area contributed by atoms with Crippen LogP contribution in [-0.4, -0.2) is 74.9 Å². The number of hydrogen-bond acceptors (Lipinski definition) is 7. The van der Waals surface area contributed by atoms with E-state index in [0.29, 0.717) is 17.4 Å². The zero-order valence-corrected chi connectivity index (χ0v) is 67.6. The molecule has 0 aromatic heterocycles. The van der Waals surface area contributed by atoms with Gasteiger partial charge in [0.05, 0.1) is 27.7 Å². The van der Waals surface area contributed by atoms with Crippen molar-refractivity contribution in [2.45, 2.75) is 302 Å². The maximum Gasteiger partial charge on any atom is 0.472 e. The fourth-order valence-electron chi connectivity index (χ4n) is 10.5. The minimum Gasteiger partial charge on any atom is -0.462 e. The van der Waals surface area contributed by atoms with E-state index in [1.807, 2.05) is 21.1 Å². The Morgan fingerprint density at radius 3 is 0.788 bits per heavy atom.